The maximum atomic E-state index is 10.3. The van der Waals surface area contributed by atoms with Gasteiger partial charge in [-0.1, -0.05) is 142 Å². The van der Waals surface area contributed by atoms with E-state index in [1.807, 2.05) is 0 Å². The van der Waals surface area contributed by atoms with Crippen molar-refractivity contribution in [2.75, 3.05) is 13.2 Å². The van der Waals surface area contributed by atoms with Crippen LogP contribution in [0.25, 0.3) is 0 Å². The number of rotatable bonds is 28. The third kappa shape index (κ3) is 20.3. The monoisotopic (exact) mass is 616 g/mol. The maximum absolute atomic E-state index is 10.3. The summed E-state index contributed by atoms with van der Waals surface area (Å²) in [6, 6.07) is 0. The topological polar surface area (TPSA) is 68.2 Å². The largest absolute Gasteiger partial charge is 0.477 e. The molecule has 1 rings (SSSR count). The molecule has 2 N–H and O–H groups in total. The summed E-state index contributed by atoms with van der Waals surface area (Å²) in [4.78, 5) is 0. The maximum Gasteiger partial charge on any atom is 0.167 e. The molecule has 242 valence electrons. The molecule has 0 aromatic rings. The first-order chi connectivity index (χ1) is 20.0. The molecule has 1 fully saturated rings. The number of hydrogen-bond acceptors (Lipinski definition) is 7. The van der Waals surface area contributed by atoms with Gasteiger partial charge in [-0.3, -0.25) is 0 Å². The first-order valence-corrected chi connectivity index (χ1v) is 18.1. The number of ether oxygens (including phenoxy) is 3. The van der Waals surface area contributed by atoms with Gasteiger partial charge in [-0.25, -0.2) is 0 Å². The highest BCUT2D eigenvalue weighted by atomic mass is 32.1. The average molecular weight is 617 g/mol. The fraction of sp³-hybridized carbons (Fsp3) is 0.941. The van der Waals surface area contributed by atoms with Gasteiger partial charge in [0.05, 0.1) is 13.2 Å². The molecule has 1 heterocycles. The Kier molecular flexibility index (Phi) is 25.7. The van der Waals surface area contributed by atoms with Crippen molar-refractivity contribution in [3.63, 3.8) is 0 Å². The fourth-order valence-electron chi connectivity index (χ4n) is 5.59. The lowest BCUT2D eigenvalue weighted by molar-refractivity contribution is -0.0639. The van der Waals surface area contributed by atoms with Crippen molar-refractivity contribution in [2.24, 2.45) is 0 Å². The average Bonchev–Trinajstić information content (AvgIpc) is 3.35. The van der Waals surface area contributed by atoms with Gasteiger partial charge in [-0.05, 0) is 37.3 Å². The van der Waals surface area contributed by atoms with Crippen LogP contribution in [0.1, 0.15) is 168 Å². The molecule has 1 saturated heterocycles. The van der Waals surface area contributed by atoms with Gasteiger partial charge in [0.2, 0.25) is 0 Å². The first kappa shape index (κ1) is 38.7. The Morgan fingerprint density at radius 2 is 1.00 bits per heavy atom. The molecular formula is C34H64O5S2. The zero-order valence-corrected chi connectivity index (χ0v) is 28.3. The Balaban J connectivity index is 2.24. The smallest absolute Gasteiger partial charge is 0.167 e. The molecule has 0 saturated carbocycles. The highest BCUT2D eigenvalue weighted by Crippen LogP contribution is 2.26. The normalized spacial score (nSPS) is 19.4. The summed E-state index contributed by atoms with van der Waals surface area (Å²) in [6.07, 6.45) is 27.1. The Morgan fingerprint density at radius 3 is 1.39 bits per heavy atom. The van der Waals surface area contributed by atoms with E-state index in [-0.39, 0.29) is 6.61 Å². The molecule has 1 aliphatic rings. The van der Waals surface area contributed by atoms with Crippen LogP contribution in [0.4, 0.5) is 0 Å². The third-order valence-electron chi connectivity index (χ3n) is 8.23. The summed E-state index contributed by atoms with van der Waals surface area (Å²) in [5.41, 5.74) is 0. The van der Waals surface area contributed by atoms with Crippen LogP contribution in [0, 0.1) is 0 Å². The predicted octanol–water partition coefficient (Wildman–Crippen LogP) is 9.57. The Morgan fingerprint density at radius 1 is 0.634 bits per heavy atom. The molecule has 1 aliphatic heterocycles. The number of thiocarbonyl (C=S) groups is 2. The molecule has 0 spiro atoms. The summed E-state index contributed by atoms with van der Waals surface area (Å²) >= 11 is 11.1. The number of aliphatic hydroxyl groups excluding tert-OH is 2. The lowest BCUT2D eigenvalue weighted by atomic mass is 10.0. The minimum atomic E-state index is -1.04. The molecule has 5 nitrogen and oxygen atoms in total. The van der Waals surface area contributed by atoms with Crippen LogP contribution in [0.5, 0.6) is 0 Å². The Labute approximate surface area is 263 Å². The van der Waals surface area contributed by atoms with Crippen LogP contribution in [0.15, 0.2) is 0 Å². The summed E-state index contributed by atoms with van der Waals surface area (Å²) in [5.74, 6) is 0. The highest BCUT2D eigenvalue weighted by Gasteiger charge is 2.45. The quantitative estimate of drug-likeness (QED) is 0.0670. The standard InChI is InChI=1S/C34H64O5S2/c1-3-5-7-9-11-13-15-17-19-21-23-25-31(40)38-30-28-37-33(29(36)27-35)34(30)39-32(41)26-24-22-20-18-16-14-12-10-8-6-4-2/h29-30,33-36H,3-28H2,1-2H3/t29-,30+,33-,34-/m1/s1. The lowest BCUT2D eigenvalue weighted by Crippen LogP contribution is -2.44. The van der Waals surface area contributed by atoms with E-state index in [1.54, 1.807) is 0 Å². The van der Waals surface area contributed by atoms with Crippen molar-refractivity contribution in [3.8, 4) is 0 Å². The molecule has 0 aromatic heterocycles. The predicted molar refractivity (Wildman–Crippen MR) is 180 cm³/mol. The van der Waals surface area contributed by atoms with Gasteiger partial charge in [0.25, 0.3) is 0 Å². The van der Waals surface area contributed by atoms with Gasteiger partial charge in [0.1, 0.15) is 12.2 Å². The number of aliphatic hydroxyl groups is 2. The minimum Gasteiger partial charge on any atom is -0.477 e. The van der Waals surface area contributed by atoms with E-state index in [4.69, 9.17) is 38.6 Å². The van der Waals surface area contributed by atoms with Crippen LogP contribution in [0.2, 0.25) is 0 Å². The second kappa shape index (κ2) is 27.2. The molecule has 0 radical (unpaired) electrons. The van der Waals surface area contributed by atoms with E-state index in [1.165, 1.54) is 116 Å². The van der Waals surface area contributed by atoms with E-state index < -0.39 is 31.0 Å². The van der Waals surface area contributed by atoms with Crippen LogP contribution in [-0.4, -0.2) is 57.9 Å². The minimum absolute atomic E-state index is 0.270. The van der Waals surface area contributed by atoms with E-state index in [2.05, 4.69) is 13.8 Å². The lowest BCUT2D eigenvalue weighted by Gasteiger charge is -2.27. The number of hydrogen-bond donors (Lipinski definition) is 2. The van der Waals surface area contributed by atoms with Crippen molar-refractivity contribution in [2.45, 2.75) is 192 Å². The zero-order valence-electron chi connectivity index (χ0n) is 26.6. The van der Waals surface area contributed by atoms with Crippen LogP contribution < -0.4 is 0 Å². The summed E-state index contributed by atoms with van der Waals surface area (Å²) in [7, 11) is 0. The van der Waals surface area contributed by atoms with Crippen LogP contribution in [-0.2, 0) is 14.2 Å². The zero-order chi connectivity index (χ0) is 30.0. The second-order valence-electron chi connectivity index (χ2n) is 12.1. The van der Waals surface area contributed by atoms with Crippen LogP contribution >= 0.6 is 24.4 Å². The van der Waals surface area contributed by atoms with Crippen molar-refractivity contribution in [1.82, 2.24) is 0 Å². The SMILES string of the molecule is CCCCCCCCCCCCCC(=S)O[C@H]1[C@@H]([C@H](O)CO)OC[C@@H]1OC(=S)CCCCCCCCCCCCC. The first-order valence-electron chi connectivity index (χ1n) is 17.3. The van der Waals surface area contributed by atoms with Crippen LogP contribution in [0.3, 0.4) is 0 Å². The molecular weight excluding hydrogens is 553 g/mol. The van der Waals surface area contributed by atoms with E-state index in [0.29, 0.717) is 16.5 Å². The van der Waals surface area contributed by atoms with E-state index >= 15 is 0 Å². The van der Waals surface area contributed by atoms with Gasteiger partial charge in [0.15, 0.2) is 22.3 Å². The third-order valence-corrected chi connectivity index (χ3v) is 8.83. The molecule has 41 heavy (non-hydrogen) atoms. The summed E-state index contributed by atoms with van der Waals surface area (Å²) < 4.78 is 18.0. The fourth-order valence-corrected chi connectivity index (χ4v) is 6.11. The van der Waals surface area contributed by atoms with Crippen molar-refractivity contribution < 1.29 is 24.4 Å². The number of unbranched alkanes of at least 4 members (excludes halogenated alkanes) is 20. The van der Waals surface area contributed by atoms with E-state index in [0.717, 1.165) is 32.1 Å². The van der Waals surface area contributed by atoms with Gasteiger partial charge in [0, 0.05) is 12.8 Å². The Hall–Kier alpha value is -0.340. The second-order valence-corrected chi connectivity index (χ2v) is 13.0. The van der Waals surface area contributed by atoms with E-state index in [9.17, 15) is 10.2 Å². The van der Waals surface area contributed by atoms with Crippen molar-refractivity contribution in [3.05, 3.63) is 0 Å². The summed E-state index contributed by atoms with van der Waals surface area (Å²) in [5, 5.41) is 20.9. The van der Waals surface area contributed by atoms with Gasteiger partial charge >= 0.3 is 0 Å². The summed E-state index contributed by atoms with van der Waals surface area (Å²) in [6.45, 7) is 4.40. The van der Waals surface area contributed by atoms with Crippen molar-refractivity contribution >= 4 is 34.5 Å². The molecule has 7 heteroatoms. The molecule has 0 amide bonds. The Bertz CT molecular complexity index is 632. The highest BCUT2D eigenvalue weighted by molar-refractivity contribution is 7.80. The molecule has 0 aliphatic carbocycles. The van der Waals surface area contributed by atoms with Crippen molar-refractivity contribution in [1.29, 1.82) is 0 Å². The molecule has 0 bridgehead atoms. The van der Waals surface area contributed by atoms with Gasteiger partial charge < -0.3 is 24.4 Å². The van der Waals surface area contributed by atoms with Gasteiger partial charge in [-0.2, -0.15) is 0 Å². The molecule has 4 atom stereocenters. The molecule has 0 aromatic carbocycles. The van der Waals surface area contributed by atoms with Gasteiger partial charge in [-0.15, -0.1) is 0 Å². The molecule has 0 unspecified atom stereocenters.